The van der Waals surface area contributed by atoms with E-state index in [1.54, 1.807) is 16.9 Å². The van der Waals surface area contributed by atoms with Crippen LogP contribution in [0.2, 0.25) is 0 Å². The average Bonchev–Trinajstić information content (AvgIpc) is 3.03. The Morgan fingerprint density at radius 1 is 1.38 bits per heavy atom. The highest BCUT2D eigenvalue weighted by atomic mass is 79.9. The summed E-state index contributed by atoms with van der Waals surface area (Å²) >= 11 is 4.86. The molecule has 0 bridgehead atoms. The van der Waals surface area contributed by atoms with Gasteiger partial charge in [0.2, 0.25) is 0 Å². The van der Waals surface area contributed by atoms with Crippen molar-refractivity contribution in [2.75, 3.05) is 5.32 Å². The van der Waals surface area contributed by atoms with Gasteiger partial charge in [-0.05, 0) is 38.1 Å². The van der Waals surface area contributed by atoms with Gasteiger partial charge in [0, 0.05) is 16.7 Å². The van der Waals surface area contributed by atoms with E-state index in [-0.39, 0.29) is 11.9 Å². The lowest BCUT2D eigenvalue weighted by molar-refractivity contribution is 0.102. The van der Waals surface area contributed by atoms with Crippen molar-refractivity contribution in [3.63, 3.8) is 0 Å². The zero-order chi connectivity index (χ0) is 15.0. The minimum Gasteiger partial charge on any atom is -0.296 e. The number of hydrogen-bond acceptors (Lipinski definition) is 4. The van der Waals surface area contributed by atoms with E-state index in [1.807, 2.05) is 32.0 Å². The number of carbonyl (C=O) groups is 1. The summed E-state index contributed by atoms with van der Waals surface area (Å²) in [7, 11) is 0. The van der Waals surface area contributed by atoms with E-state index in [0.29, 0.717) is 10.8 Å². The van der Waals surface area contributed by atoms with E-state index in [4.69, 9.17) is 0 Å². The van der Waals surface area contributed by atoms with Gasteiger partial charge < -0.3 is 0 Å². The maximum Gasteiger partial charge on any atom is 0.277 e. The van der Waals surface area contributed by atoms with Crippen LogP contribution in [0.1, 0.15) is 30.4 Å². The van der Waals surface area contributed by atoms with Gasteiger partial charge in [-0.25, -0.2) is 4.98 Å². The number of amides is 1. The molecule has 1 amide bonds. The van der Waals surface area contributed by atoms with Gasteiger partial charge in [0.25, 0.3) is 5.91 Å². The fraction of sp³-hybridized carbons (Fsp3) is 0.214. The zero-order valence-electron chi connectivity index (χ0n) is 11.5. The fourth-order valence-electron chi connectivity index (χ4n) is 1.86. The molecule has 0 unspecified atom stereocenters. The number of hydrogen-bond donors (Lipinski definition) is 1. The number of anilines is 1. The lowest BCUT2D eigenvalue weighted by Gasteiger charge is -2.03. The third-order valence-electron chi connectivity index (χ3n) is 2.94. The van der Waals surface area contributed by atoms with Crippen LogP contribution in [0.15, 0.2) is 34.9 Å². The predicted molar refractivity (Wildman–Crippen MR) is 87.9 cm³/mol. The van der Waals surface area contributed by atoms with E-state index in [0.717, 1.165) is 14.7 Å². The molecule has 2 aromatic heterocycles. The van der Waals surface area contributed by atoms with Crippen molar-refractivity contribution in [2.45, 2.75) is 19.9 Å². The van der Waals surface area contributed by atoms with Crippen LogP contribution in [0.5, 0.6) is 0 Å². The Labute approximate surface area is 134 Å². The van der Waals surface area contributed by atoms with Crippen molar-refractivity contribution in [1.82, 2.24) is 14.8 Å². The third-order valence-corrected chi connectivity index (χ3v) is 4.37. The molecule has 1 aromatic carbocycles. The lowest BCUT2D eigenvalue weighted by atomic mass is 10.3. The molecular formula is C14H13BrN4OS. The molecule has 108 valence electrons. The maximum absolute atomic E-state index is 12.2. The molecule has 0 aliphatic rings. The molecule has 0 radical (unpaired) electrons. The van der Waals surface area contributed by atoms with E-state index >= 15 is 0 Å². The largest absolute Gasteiger partial charge is 0.296 e. The lowest BCUT2D eigenvalue weighted by Crippen LogP contribution is -2.13. The summed E-state index contributed by atoms with van der Waals surface area (Å²) in [4.78, 5) is 16.6. The fourth-order valence-corrected chi connectivity index (χ4v) is 3.27. The summed E-state index contributed by atoms with van der Waals surface area (Å²) in [6, 6.07) is 7.76. The SMILES string of the molecule is CC(C)n1ccc(C(=O)Nc2nc3ccc(Br)cc3s2)n1. The molecular weight excluding hydrogens is 352 g/mol. The Bertz CT molecular complexity index is 808. The molecule has 0 saturated heterocycles. The van der Waals surface area contributed by atoms with Gasteiger partial charge in [0.05, 0.1) is 10.2 Å². The second kappa shape index (κ2) is 5.57. The molecule has 1 N–H and O–H groups in total. The number of rotatable bonds is 3. The van der Waals surface area contributed by atoms with Gasteiger partial charge >= 0.3 is 0 Å². The van der Waals surface area contributed by atoms with Gasteiger partial charge in [0.15, 0.2) is 10.8 Å². The van der Waals surface area contributed by atoms with Crippen LogP contribution in [0.25, 0.3) is 10.2 Å². The Hall–Kier alpha value is -1.73. The number of thiazole rings is 1. The first-order chi connectivity index (χ1) is 10.0. The number of fused-ring (bicyclic) bond motifs is 1. The summed E-state index contributed by atoms with van der Waals surface area (Å²) in [6.07, 6.45) is 1.80. The average molecular weight is 365 g/mol. The van der Waals surface area contributed by atoms with Crippen LogP contribution in [-0.2, 0) is 0 Å². The van der Waals surface area contributed by atoms with Crippen molar-refractivity contribution in [3.8, 4) is 0 Å². The number of nitrogens with zero attached hydrogens (tertiary/aromatic N) is 3. The topological polar surface area (TPSA) is 59.8 Å². The molecule has 3 aromatic rings. The minimum absolute atomic E-state index is 0.228. The Kier molecular flexibility index (Phi) is 3.77. The van der Waals surface area contributed by atoms with Gasteiger partial charge in [-0.15, -0.1) is 0 Å². The Morgan fingerprint density at radius 2 is 2.19 bits per heavy atom. The van der Waals surface area contributed by atoms with Crippen LogP contribution in [0.4, 0.5) is 5.13 Å². The first-order valence-corrected chi connectivity index (χ1v) is 8.06. The van der Waals surface area contributed by atoms with Crippen LogP contribution in [0.3, 0.4) is 0 Å². The highest BCUT2D eigenvalue weighted by molar-refractivity contribution is 9.10. The molecule has 5 nitrogen and oxygen atoms in total. The first-order valence-electron chi connectivity index (χ1n) is 6.45. The minimum atomic E-state index is -0.243. The summed E-state index contributed by atoms with van der Waals surface area (Å²) in [5.41, 5.74) is 1.26. The third kappa shape index (κ3) is 2.98. The molecule has 21 heavy (non-hydrogen) atoms. The van der Waals surface area contributed by atoms with Crippen molar-refractivity contribution in [3.05, 3.63) is 40.6 Å². The summed E-state index contributed by atoms with van der Waals surface area (Å²) in [5, 5.41) is 7.62. The maximum atomic E-state index is 12.2. The molecule has 3 rings (SSSR count). The molecule has 0 atom stereocenters. The van der Waals surface area contributed by atoms with Crippen LogP contribution < -0.4 is 5.32 Å². The van der Waals surface area contributed by atoms with Crippen molar-refractivity contribution < 1.29 is 4.79 Å². The monoisotopic (exact) mass is 364 g/mol. The van der Waals surface area contributed by atoms with Gasteiger partial charge in [-0.3, -0.25) is 14.8 Å². The molecule has 0 aliphatic heterocycles. The second-order valence-corrected chi connectivity index (χ2v) is 6.81. The molecule has 7 heteroatoms. The highest BCUT2D eigenvalue weighted by Crippen LogP contribution is 2.28. The standard InChI is InChI=1S/C14H13BrN4OS/c1-8(2)19-6-5-11(18-19)13(20)17-14-16-10-4-3-9(15)7-12(10)21-14/h3-8H,1-2H3,(H,16,17,20). The quantitative estimate of drug-likeness (QED) is 0.761. The molecule has 0 aliphatic carbocycles. The Morgan fingerprint density at radius 3 is 2.90 bits per heavy atom. The van der Waals surface area contributed by atoms with Crippen molar-refractivity contribution in [2.24, 2.45) is 0 Å². The van der Waals surface area contributed by atoms with E-state index in [9.17, 15) is 4.79 Å². The molecule has 0 spiro atoms. The van der Waals surface area contributed by atoms with Crippen molar-refractivity contribution >= 4 is 48.5 Å². The number of nitrogens with one attached hydrogen (secondary N) is 1. The van der Waals surface area contributed by atoms with Gasteiger partial charge in [0.1, 0.15) is 0 Å². The van der Waals surface area contributed by atoms with Gasteiger partial charge in [-0.2, -0.15) is 5.10 Å². The van der Waals surface area contributed by atoms with Gasteiger partial charge in [-0.1, -0.05) is 27.3 Å². The van der Waals surface area contributed by atoms with Crippen LogP contribution in [0, 0.1) is 0 Å². The molecule has 0 saturated carbocycles. The first kappa shape index (κ1) is 14.2. The normalized spacial score (nSPS) is 11.2. The Balaban J connectivity index is 1.81. The summed E-state index contributed by atoms with van der Waals surface area (Å²) in [5.74, 6) is -0.243. The second-order valence-electron chi connectivity index (χ2n) is 4.86. The number of benzene rings is 1. The number of carbonyl (C=O) groups excluding carboxylic acids is 1. The van der Waals surface area contributed by atoms with E-state index in [1.165, 1.54) is 11.3 Å². The molecule has 2 heterocycles. The number of halogens is 1. The smallest absolute Gasteiger partial charge is 0.277 e. The molecule has 0 fully saturated rings. The van der Waals surface area contributed by atoms with E-state index in [2.05, 4.69) is 31.3 Å². The number of aromatic nitrogens is 3. The van der Waals surface area contributed by atoms with E-state index < -0.39 is 0 Å². The predicted octanol–water partition coefficient (Wildman–Crippen LogP) is 4.09. The van der Waals surface area contributed by atoms with Crippen LogP contribution in [-0.4, -0.2) is 20.7 Å². The van der Waals surface area contributed by atoms with Crippen molar-refractivity contribution in [1.29, 1.82) is 0 Å². The summed E-state index contributed by atoms with van der Waals surface area (Å²) < 4.78 is 3.77. The zero-order valence-corrected chi connectivity index (χ0v) is 13.9. The van der Waals surface area contributed by atoms with Crippen LogP contribution >= 0.6 is 27.3 Å². The highest BCUT2D eigenvalue weighted by Gasteiger charge is 2.13. The summed E-state index contributed by atoms with van der Waals surface area (Å²) in [6.45, 7) is 4.03.